The predicted molar refractivity (Wildman–Crippen MR) is 82.7 cm³/mol. The third kappa shape index (κ3) is 6.45. The molecule has 0 fully saturated rings. The number of nitrogens with two attached hydrogens (primary N) is 2. The Morgan fingerprint density at radius 2 is 1.92 bits per heavy atom. The quantitative estimate of drug-likeness (QED) is 0.263. The van der Waals surface area contributed by atoms with E-state index >= 15 is 0 Å². The third-order valence-corrected chi connectivity index (χ3v) is 3.25. The second kappa shape index (κ2) is 9.66. The Morgan fingerprint density at radius 1 is 1.24 bits per heavy atom. The molecular formula is C13H22N6O6. The third-order valence-electron chi connectivity index (χ3n) is 3.25. The Labute approximate surface area is 142 Å². The van der Waals surface area contributed by atoms with Crippen molar-refractivity contribution in [3.05, 3.63) is 11.7 Å². The fraction of sp³-hybridized carbons (Fsp3) is 0.615. The number of urea groups is 1. The highest BCUT2D eigenvalue weighted by Gasteiger charge is 2.25. The Balaban J connectivity index is 2.85. The summed E-state index contributed by atoms with van der Waals surface area (Å²) in [5.41, 5.74) is 10.7. The standard InChI is InChI=1S/C13H22N6O6/c1-6(22)9(5-21)17-13(24)16-8(2-3-10(15)23)12-18-11(19-25-12)7(14)4-20/h7-9,20-21H,2-5,14H2,1H3,(H2,15,23)(H2,16,17,24)/t7-,8-,9-/m0/s1. The van der Waals surface area contributed by atoms with E-state index in [1.54, 1.807) is 0 Å². The molecule has 140 valence electrons. The molecule has 1 heterocycles. The first kappa shape index (κ1) is 20.5. The van der Waals surface area contributed by atoms with E-state index in [-0.39, 0.29) is 24.6 Å². The number of nitrogens with zero attached hydrogens (tertiary/aromatic N) is 2. The molecule has 0 saturated heterocycles. The van der Waals surface area contributed by atoms with Gasteiger partial charge in [0.25, 0.3) is 0 Å². The lowest BCUT2D eigenvalue weighted by Crippen LogP contribution is -2.48. The average molecular weight is 358 g/mol. The summed E-state index contributed by atoms with van der Waals surface area (Å²) in [5, 5.41) is 26.4. The second-order valence-corrected chi connectivity index (χ2v) is 5.30. The van der Waals surface area contributed by atoms with E-state index in [4.69, 9.17) is 26.2 Å². The summed E-state index contributed by atoms with van der Waals surface area (Å²) in [6.07, 6.45) is -0.0204. The number of aliphatic hydroxyl groups excluding tert-OH is 2. The molecule has 1 aromatic heterocycles. The summed E-state index contributed by atoms with van der Waals surface area (Å²) in [5.74, 6) is -1.05. The summed E-state index contributed by atoms with van der Waals surface area (Å²) in [7, 11) is 0. The Bertz CT molecular complexity index is 606. The van der Waals surface area contributed by atoms with Gasteiger partial charge in [0.1, 0.15) is 12.1 Å². The van der Waals surface area contributed by atoms with Crippen LogP contribution in [0.25, 0.3) is 0 Å². The Hall–Kier alpha value is -2.57. The Kier molecular flexibility index (Phi) is 7.91. The molecular weight excluding hydrogens is 336 g/mol. The van der Waals surface area contributed by atoms with Crippen LogP contribution in [0.1, 0.15) is 43.6 Å². The van der Waals surface area contributed by atoms with E-state index < -0.39 is 49.1 Å². The lowest BCUT2D eigenvalue weighted by atomic mass is 10.1. The number of amides is 3. The molecule has 25 heavy (non-hydrogen) atoms. The number of hydrogen-bond acceptors (Lipinski definition) is 9. The van der Waals surface area contributed by atoms with Crippen LogP contribution in [0.2, 0.25) is 0 Å². The van der Waals surface area contributed by atoms with Gasteiger partial charge in [-0.15, -0.1) is 0 Å². The van der Waals surface area contributed by atoms with Gasteiger partial charge in [-0.25, -0.2) is 4.79 Å². The van der Waals surface area contributed by atoms with Gasteiger partial charge in [0.2, 0.25) is 11.8 Å². The summed E-state index contributed by atoms with van der Waals surface area (Å²) in [6, 6.07) is -3.60. The van der Waals surface area contributed by atoms with Crippen LogP contribution in [0.4, 0.5) is 4.79 Å². The zero-order chi connectivity index (χ0) is 19.0. The fourth-order valence-electron chi connectivity index (χ4n) is 1.80. The lowest BCUT2D eigenvalue weighted by molar-refractivity contribution is -0.119. The number of rotatable bonds is 10. The lowest BCUT2D eigenvalue weighted by Gasteiger charge is -2.18. The van der Waals surface area contributed by atoms with E-state index in [9.17, 15) is 14.4 Å². The molecule has 0 spiro atoms. The van der Waals surface area contributed by atoms with Crippen LogP contribution in [0.15, 0.2) is 4.52 Å². The minimum absolute atomic E-state index is 0.0285. The molecule has 0 aliphatic carbocycles. The second-order valence-electron chi connectivity index (χ2n) is 5.30. The molecule has 0 saturated carbocycles. The van der Waals surface area contributed by atoms with E-state index in [0.717, 1.165) is 0 Å². The average Bonchev–Trinajstić information content (AvgIpc) is 3.05. The number of Topliss-reactive ketones (excluding diaryl/α,β-unsaturated/α-hetero) is 1. The van der Waals surface area contributed by atoms with Crippen molar-refractivity contribution in [3.8, 4) is 0 Å². The van der Waals surface area contributed by atoms with Crippen LogP contribution >= 0.6 is 0 Å². The topological polar surface area (TPSA) is 207 Å². The molecule has 1 aromatic rings. The van der Waals surface area contributed by atoms with E-state index in [1.807, 2.05) is 0 Å². The monoisotopic (exact) mass is 358 g/mol. The number of primary amides is 1. The Morgan fingerprint density at radius 3 is 2.44 bits per heavy atom. The van der Waals surface area contributed by atoms with Gasteiger partial charge in [-0.3, -0.25) is 9.59 Å². The van der Waals surface area contributed by atoms with Crippen LogP contribution < -0.4 is 22.1 Å². The van der Waals surface area contributed by atoms with Crippen LogP contribution in [0.3, 0.4) is 0 Å². The van der Waals surface area contributed by atoms with Gasteiger partial charge in [-0.1, -0.05) is 5.16 Å². The largest absolute Gasteiger partial charge is 0.394 e. The molecule has 12 heteroatoms. The van der Waals surface area contributed by atoms with Gasteiger partial charge in [0.05, 0.1) is 19.3 Å². The van der Waals surface area contributed by atoms with Crippen molar-refractivity contribution in [2.24, 2.45) is 11.5 Å². The molecule has 3 atom stereocenters. The summed E-state index contributed by atoms with van der Waals surface area (Å²) in [6.45, 7) is 0.243. The summed E-state index contributed by atoms with van der Waals surface area (Å²) < 4.78 is 5.00. The highest BCUT2D eigenvalue weighted by molar-refractivity contribution is 5.87. The van der Waals surface area contributed by atoms with Crippen LogP contribution in [0, 0.1) is 0 Å². The number of hydrogen-bond donors (Lipinski definition) is 6. The number of carbonyl (C=O) groups is 3. The van der Waals surface area contributed by atoms with Gasteiger partial charge in [0, 0.05) is 6.42 Å². The van der Waals surface area contributed by atoms with Gasteiger partial charge >= 0.3 is 6.03 Å². The number of aliphatic hydroxyl groups is 2. The molecule has 12 nitrogen and oxygen atoms in total. The zero-order valence-corrected chi connectivity index (χ0v) is 13.6. The molecule has 0 bridgehead atoms. The molecule has 8 N–H and O–H groups in total. The predicted octanol–water partition coefficient (Wildman–Crippen LogP) is -2.38. The van der Waals surface area contributed by atoms with Crippen molar-refractivity contribution < 1.29 is 29.1 Å². The van der Waals surface area contributed by atoms with Gasteiger partial charge in [0.15, 0.2) is 11.6 Å². The van der Waals surface area contributed by atoms with Gasteiger partial charge in [-0.2, -0.15) is 4.98 Å². The molecule has 0 unspecified atom stereocenters. The zero-order valence-electron chi connectivity index (χ0n) is 13.6. The molecule has 0 aromatic carbocycles. The SMILES string of the molecule is CC(=O)[C@H](CO)NC(=O)N[C@@H](CCC(N)=O)c1nc([C@@H](N)CO)no1. The molecule has 0 aliphatic heterocycles. The molecule has 0 radical (unpaired) electrons. The van der Waals surface area contributed by atoms with Crippen molar-refractivity contribution in [3.63, 3.8) is 0 Å². The normalized spacial score (nSPS) is 14.4. The first-order chi connectivity index (χ1) is 11.8. The van der Waals surface area contributed by atoms with Crippen molar-refractivity contribution >= 4 is 17.7 Å². The summed E-state index contributed by atoms with van der Waals surface area (Å²) in [4.78, 5) is 38.2. The van der Waals surface area contributed by atoms with Crippen molar-refractivity contribution in [2.75, 3.05) is 13.2 Å². The number of carbonyl (C=O) groups excluding carboxylic acids is 3. The molecule has 0 aliphatic rings. The highest BCUT2D eigenvalue weighted by Crippen LogP contribution is 2.18. The highest BCUT2D eigenvalue weighted by atomic mass is 16.5. The van der Waals surface area contributed by atoms with Crippen LogP contribution in [0.5, 0.6) is 0 Å². The molecule has 3 amide bonds. The smallest absolute Gasteiger partial charge is 0.316 e. The maximum atomic E-state index is 12.0. The minimum atomic E-state index is -1.07. The van der Waals surface area contributed by atoms with Gasteiger partial charge in [-0.05, 0) is 13.3 Å². The number of nitrogens with one attached hydrogen (secondary N) is 2. The van der Waals surface area contributed by atoms with Crippen molar-refractivity contribution in [1.82, 2.24) is 20.8 Å². The number of aromatic nitrogens is 2. The van der Waals surface area contributed by atoms with E-state index in [1.165, 1.54) is 6.92 Å². The summed E-state index contributed by atoms with van der Waals surface area (Å²) >= 11 is 0. The maximum Gasteiger partial charge on any atom is 0.316 e. The fourth-order valence-corrected chi connectivity index (χ4v) is 1.80. The van der Waals surface area contributed by atoms with E-state index in [2.05, 4.69) is 20.8 Å². The van der Waals surface area contributed by atoms with Gasteiger partial charge < -0.3 is 36.8 Å². The maximum absolute atomic E-state index is 12.0. The number of ketones is 1. The van der Waals surface area contributed by atoms with E-state index in [0.29, 0.717) is 0 Å². The first-order valence-corrected chi connectivity index (χ1v) is 7.45. The molecule has 1 rings (SSSR count). The first-order valence-electron chi connectivity index (χ1n) is 7.45. The minimum Gasteiger partial charge on any atom is -0.394 e. The van der Waals surface area contributed by atoms with Crippen LogP contribution in [-0.4, -0.2) is 57.3 Å². The van der Waals surface area contributed by atoms with Crippen LogP contribution in [-0.2, 0) is 9.59 Å². The van der Waals surface area contributed by atoms with Crippen molar-refractivity contribution in [1.29, 1.82) is 0 Å². The van der Waals surface area contributed by atoms with Crippen molar-refractivity contribution in [2.45, 2.75) is 37.9 Å².